The molecule has 0 spiro atoms. The Hall–Kier alpha value is -1.53. The van der Waals surface area contributed by atoms with Crippen LogP contribution in [0.1, 0.15) is 24.4 Å². The number of methoxy groups -OCH3 is 1. The van der Waals surface area contributed by atoms with Crippen LogP contribution in [0.2, 0.25) is 0 Å². The monoisotopic (exact) mass is 362 g/mol. The van der Waals surface area contributed by atoms with Gasteiger partial charge in [0.15, 0.2) is 0 Å². The summed E-state index contributed by atoms with van der Waals surface area (Å²) < 4.78 is 5.06. The third kappa shape index (κ3) is 4.36. The van der Waals surface area contributed by atoms with E-state index in [0.717, 1.165) is 43.0 Å². The van der Waals surface area contributed by atoms with Crippen molar-refractivity contribution in [2.75, 3.05) is 44.9 Å². The zero-order valence-electron chi connectivity index (χ0n) is 14.7. The Labute approximate surface area is 153 Å². The van der Waals surface area contributed by atoms with E-state index >= 15 is 0 Å². The van der Waals surface area contributed by atoms with Gasteiger partial charge < -0.3 is 14.5 Å². The van der Waals surface area contributed by atoms with E-state index < -0.39 is 0 Å². The van der Waals surface area contributed by atoms with Crippen molar-refractivity contribution in [1.82, 2.24) is 9.80 Å². The number of amides is 2. The number of thioether (sulfide) groups is 1. The highest BCUT2D eigenvalue weighted by Crippen LogP contribution is 2.34. The molecule has 0 bridgehead atoms. The van der Waals surface area contributed by atoms with Gasteiger partial charge in [-0.3, -0.25) is 9.59 Å². The first kappa shape index (κ1) is 18.3. The van der Waals surface area contributed by atoms with E-state index in [1.807, 2.05) is 39.8 Å². The normalized spacial score (nSPS) is 24.2. The standard InChI is InChI=1S/C19H26N2O3S/c1-24-14-18(22)21-13-16(19(23)20-9-11-25-12-10-20)7-8-17(21)15-5-3-2-4-6-15/h2-6,16-17H,7-14H2,1H3. The molecular formula is C19H26N2O3S. The predicted molar refractivity (Wildman–Crippen MR) is 99.4 cm³/mol. The number of ether oxygens (including phenoxy) is 1. The van der Waals surface area contributed by atoms with Crippen LogP contribution in [0.15, 0.2) is 30.3 Å². The Morgan fingerprint density at radius 3 is 2.56 bits per heavy atom. The second kappa shape index (κ2) is 8.72. The first-order valence-electron chi connectivity index (χ1n) is 8.90. The molecule has 1 aromatic rings. The molecule has 1 aromatic carbocycles. The minimum atomic E-state index is -0.0936. The Balaban J connectivity index is 1.74. The first-order valence-corrected chi connectivity index (χ1v) is 10.1. The quantitative estimate of drug-likeness (QED) is 0.824. The number of likely N-dealkylation sites (tertiary alicyclic amines) is 1. The molecule has 0 aromatic heterocycles. The van der Waals surface area contributed by atoms with E-state index in [1.54, 1.807) is 0 Å². The number of nitrogens with zero attached hydrogens (tertiary/aromatic N) is 2. The highest BCUT2D eigenvalue weighted by molar-refractivity contribution is 7.99. The Bertz CT molecular complexity index is 590. The van der Waals surface area contributed by atoms with Gasteiger partial charge in [0.1, 0.15) is 6.61 Å². The highest BCUT2D eigenvalue weighted by Gasteiger charge is 2.37. The average molecular weight is 362 g/mol. The number of hydrogen-bond donors (Lipinski definition) is 0. The largest absolute Gasteiger partial charge is 0.375 e. The molecule has 2 aliphatic rings. The van der Waals surface area contributed by atoms with Gasteiger partial charge in [0, 0.05) is 38.2 Å². The molecule has 2 aliphatic heterocycles. The summed E-state index contributed by atoms with van der Waals surface area (Å²) in [5.74, 6) is 2.10. The van der Waals surface area contributed by atoms with E-state index in [2.05, 4.69) is 12.1 Å². The topological polar surface area (TPSA) is 49.9 Å². The zero-order chi connectivity index (χ0) is 17.6. The van der Waals surface area contributed by atoms with Gasteiger partial charge in [-0.1, -0.05) is 30.3 Å². The van der Waals surface area contributed by atoms with Crippen molar-refractivity contribution in [2.45, 2.75) is 18.9 Å². The van der Waals surface area contributed by atoms with Gasteiger partial charge in [-0.05, 0) is 18.4 Å². The van der Waals surface area contributed by atoms with E-state index in [4.69, 9.17) is 4.74 Å². The van der Waals surface area contributed by atoms with Crippen LogP contribution in [0.25, 0.3) is 0 Å². The van der Waals surface area contributed by atoms with Crippen LogP contribution >= 0.6 is 11.8 Å². The maximum atomic E-state index is 12.9. The maximum Gasteiger partial charge on any atom is 0.249 e. The third-order valence-electron chi connectivity index (χ3n) is 5.03. The second-order valence-electron chi connectivity index (χ2n) is 6.62. The molecule has 25 heavy (non-hydrogen) atoms. The molecule has 2 amide bonds. The van der Waals surface area contributed by atoms with Crippen molar-refractivity contribution in [3.05, 3.63) is 35.9 Å². The SMILES string of the molecule is COCC(=O)N1CC(C(=O)N2CCSCC2)CCC1c1ccccc1. The smallest absolute Gasteiger partial charge is 0.249 e. The molecule has 2 fully saturated rings. The summed E-state index contributed by atoms with van der Waals surface area (Å²) >= 11 is 1.90. The number of carbonyl (C=O) groups is 2. The third-order valence-corrected chi connectivity index (χ3v) is 5.97. The van der Waals surface area contributed by atoms with Gasteiger partial charge >= 0.3 is 0 Å². The molecule has 136 valence electrons. The predicted octanol–water partition coefficient (Wildman–Crippen LogP) is 2.19. The molecule has 0 N–H and O–H groups in total. The van der Waals surface area contributed by atoms with Crippen LogP contribution in [0.4, 0.5) is 0 Å². The number of rotatable bonds is 4. The fraction of sp³-hybridized carbons (Fsp3) is 0.579. The molecule has 2 saturated heterocycles. The van der Waals surface area contributed by atoms with E-state index in [1.165, 1.54) is 7.11 Å². The summed E-state index contributed by atoms with van der Waals surface area (Å²) in [6.45, 7) is 2.21. The molecule has 6 heteroatoms. The zero-order valence-corrected chi connectivity index (χ0v) is 15.5. The van der Waals surface area contributed by atoms with Gasteiger partial charge in [-0.15, -0.1) is 0 Å². The summed E-state index contributed by atoms with van der Waals surface area (Å²) in [6.07, 6.45) is 1.65. The minimum absolute atomic E-state index is 0.0322. The molecule has 2 unspecified atom stereocenters. The molecular weight excluding hydrogens is 336 g/mol. The van der Waals surface area contributed by atoms with Gasteiger partial charge in [-0.2, -0.15) is 11.8 Å². The van der Waals surface area contributed by atoms with Crippen LogP contribution in [0.3, 0.4) is 0 Å². The van der Waals surface area contributed by atoms with E-state index in [9.17, 15) is 9.59 Å². The Kier molecular flexibility index (Phi) is 6.37. The minimum Gasteiger partial charge on any atom is -0.375 e. The number of carbonyl (C=O) groups excluding carboxylic acids is 2. The van der Waals surface area contributed by atoms with Crippen molar-refractivity contribution in [2.24, 2.45) is 5.92 Å². The molecule has 0 radical (unpaired) electrons. The van der Waals surface area contributed by atoms with Crippen LogP contribution in [-0.4, -0.2) is 66.5 Å². The van der Waals surface area contributed by atoms with Crippen LogP contribution in [0, 0.1) is 5.92 Å². The van der Waals surface area contributed by atoms with E-state index in [-0.39, 0.29) is 30.4 Å². The van der Waals surface area contributed by atoms with Gasteiger partial charge in [0.2, 0.25) is 11.8 Å². The van der Waals surface area contributed by atoms with Gasteiger partial charge in [0.05, 0.1) is 12.0 Å². The Morgan fingerprint density at radius 2 is 1.88 bits per heavy atom. The summed E-state index contributed by atoms with van der Waals surface area (Å²) in [5, 5.41) is 0. The highest BCUT2D eigenvalue weighted by atomic mass is 32.2. The summed E-state index contributed by atoms with van der Waals surface area (Å²) in [7, 11) is 1.54. The lowest BCUT2D eigenvalue weighted by Crippen LogP contribution is -2.50. The van der Waals surface area contributed by atoms with Crippen molar-refractivity contribution < 1.29 is 14.3 Å². The van der Waals surface area contributed by atoms with Crippen molar-refractivity contribution in [3.8, 4) is 0 Å². The lowest BCUT2D eigenvalue weighted by atomic mass is 9.88. The average Bonchev–Trinajstić information content (AvgIpc) is 2.68. The van der Waals surface area contributed by atoms with Crippen LogP contribution in [0.5, 0.6) is 0 Å². The van der Waals surface area contributed by atoms with Crippen molar-refractivity contribution >= 4 is 23.6 Å². The fourth-order valence-electron chi connectivity index (χ4n) is 3.72. The van der Waals surface area contributed by atoms with Crippen molar-refractivity contribution in [1.29, 1.82) is 0 Å². The first-order chi connectivity index (χ1) is 12.2. The molecule has 0 saturated carbocycles. The second-order valence-corrected chi connectivity index (χ2v) is 7.84. The summed E-state index contributed by atoms with van der Waals surface area (Å²) in [5.41, 5.74) is 1.13. The lowest BCUT2D eigenvalue weighted by Gasteiger charge is -2.41. The van der Waals surface area contributed by atoms with Gasteiger partial charge in [0.25, 0.3) is 0 Å². The summed E-state index contributed by atoms with van der Waals surface area (Å²) in [6, 6.07) is 10.1. The van der Waals surface area contributed by atoms with Crippen LogP contribution in [-0.2, 0) is 14.3 Å². The maximum absolute atomic E-state index is 12.9. The molecule has 2 atom stereocenters. The number of hydrogen-bond acceptors (Lipinski definition) is 4. The molecule has 0 aliphatic carbocycles. The van der Waals surface area contributed by atoms with Crippen molar-refractivity contribution in [3.63, 3.8) is 0 Å². The van der Waals surface area contributed by atoms with Gasteiger partial charge in [-0.25, -0.2) is 0 Å². The number of piperidine rings is 1. The molecule has 3 rings (SSSR count). The number of benzene rings is 1. The fourth-order valence-corrected chi connectivity index (χ4v) is 4.62. The van der Waals surface area contributed by atoms with Crippen LogP contribution < -0.4 is 0 Å². The molecule has 2 heterocycles. The van der Waals surface area contributed by atoms with E-state index in [0.29, 0.717) is 6.54 Å². The Morgan fingerprint density at radius 1 is 1.16 bits per heavy atom. The lowest BCUT2D eigenvalue weighted by molar-refractivity contribution is -0.145. The molecule has 5 nitrogen and oxygen atoms in total. The summed E-state index contributed by atoms with van der Waals surface area (Å²) in [4.78, 5) is 29.3.